The third kappa shape index (κ3) is 6.79. The summed E-state index contributed by atoms with van der Waals surface area (Å²) in [4.78, 5) is -0.198. The third-order valence-corrected chi connectivity index (χ3v) is 10.2. The number of benzene rings is 2. The van der Waals surface area contributed by atoms with E-state index >= 15 is 0 Å². The van der Waals surface area contributed by atoms with Crippen LogP contribution >= 0.6 is 46.4 Å². The van der Waals surface area contributed by atoms with Gasteiger partial charge in [0.05, 0.1) is 10.0 Å². The Hall–Kier alpha value is -0.580. The van der Waals surface area contributed by atoms with Crippen LogP contribution < -0.4 is 9.44 Å². The SMILES string of the molecule is CC1(C)C[C@@H](NS(=O)(=O)c2cc(Cl)ccc2Cl)C[C@](C)(CNS(=O)(=O)c2cc(Cl)ccc2Cl)C1. The molecule has 1 fully saturated rings. The maximum absolute atomic E-state index is 13.1. The van der Waals surface area contributed by atoms with Crippen molar-refractivity contribution in [3.05, 3.63) is 56.5 Å². The minimum Gasteiger partial charge on any atom is -0.211 e. The van der Waals surface area contributed by atoms with Crippen molar-refractivity contribution in [2.24, 2.45) is 10.8 Å². The maximum Gasteiger partial charge on any atom is 0.242 e. The molecule has 0 radical (unpaired) electrons. The summed E-state index contributed by atoms with van der Waals surface area (Å²) in [7, 11) is -7.88. The highest BCUT2D eigenvalue weighted by atomic mass is 35.5. The molecule has 188 valence electrons. The fraction of sp³-hybridized carbons (Fsp3) is 0.455. The van der Waals surface area contributed by atoms with Crippen molar-refractivity contribution in [1.82, 2.24) is 9.44 Å². The molecule has 2 atom stereocenters. The fourth-order valence-electron chi connectivity index (χ4n) is 4.85. The zero-order chi connectivity index (χ0) is 25.5. The Bertz CT molecular complexity index is 1300. The molecule has 1 aliphatic carbocycles. The largest absolute Gasteiger partial charge is 0.242 e. The van der Waals surface area contributed by atoms with Gasteiger partial charge in [0.15, 0.2) is 0 Å². The number of hydrogen-bond donors (Lipinski definition) is 2. The minimum atomic E-state index is -3.95. The van der Waals surface area contributed by atoms with E-state index in [0.29, 0.717) is 19.3 Å². The van der Waals surface area contributed by atoms with Crippen LogP contribution in [0.5, 0.6) is 0 Å². The molecule has 0 spiro atoms. The molecular formula is C22H26Cl4N2O4S2. The number of rotatable bonds is 7. The molecule has 0 unspecified atom stereocenters. The lowest BCUT2D eigenvalue weighted by molar-refractivity contribution is 0.0821. The van der Waals surface area contributed by atoms with Crippen LogP contribution in [0.4, 0.5) is 0 Å². The third-order valence-electron chi connectivity index (χ3n) is 5.82. The Morgan fingerprint density at radius 1 is 0.824 bits per heavy atom. The molecule has 0 amide bonds. The Morgan fingerprint density at radius 3 is 1.85 bits per heavy atom. The lowest BCUT2D eigenvalue weighted by atomic mass is 9.63. The Balaban J connectivity index is 1.81. The van der Waals surface area contributed by atoms with Crippen molar-refractivity contribution in [2.45, 2.75) is 55.9 Å². The zero-order valence-corrected chi connectivity index (χ0v) is 23.5. The normalized spacial score (nSPS) is 23.1. The number of hydrogen-bond acceptors (Lipinski definition) is 4. The second-order valence-electron chi connectivity index (χ2n) is 9.85. The van der Waals surface area contributed by atoms with E-state index in [2.05, 4.69) is 9.44 Å². The van der Waals surface area contributed by atoms with Gasteiger partial charge in [0.1, 0.15) is 9.79 Å². The molecule has 0 bridgehead atoms. The van der Waals surface area contributed by atoms with E-state index in [-0.39, 0.29) is 41.8 Å². The van der Waals surface area contributed by atoms with E-state index in [1.54, 1.807) is 0 Å². The van der Waals surface area contributed by atoms with Gasteiger partial charge in [-0.1, -0.05) is 67.2 Å². The first kappa shape index (κ1) is 28.0. The van der Waals surface area contributed by atoms with E-state index in [1.165, 1.54) is 36.4 Å². The smallest absolute Gasteiger partial charge is 0.211 e. The minimum absolute atomic E-state index is 0.0649. The summed E-state index contributed by atoms with van der Waals surface area (Å²) in [6, 6.07) is 8.05. The quantitative estimate of drug-likeness (QED) is 0.407. The molecule has 0 aromatic heterocycles. The van der Waals surface area contributed by atoms with Crippen molar-refractivity contribution >= 4 is 66.5 Å². The highest BCUT2D eigenvalue weighted by Gasteiger charge is 2.43. The van der Waals surface area contributed by atoms with E-state index in [1.807, 2.05) is 20.8 Å². The van der Waals surface area contributed by atoms with Gasteiger partial charge >= 0.3 is 0 Å². The molecule has 3 rings (SSSR count). The second-order valence-corrected chi connectivity index (χ2v) is 15.0. The Kier molecular flexibility index (Phi) is 8.28. The first-order valence-electron chi connectivity index (χ1n) is 10.4. The van der Waals surface area contributed by atoms with Crippen molar-refractivity contribution in [1.29, 1.82) is 0 Å². The maximum atomic E-state index is 13.1. The summed E-state index contributed by atoms with van der Waals surface area (Å²) >= 11 is 24.1. The first-order chi connectivity index (χ1) is 15.5. The van der Waals surface area contributed by atoms with Crippen LogP contribution in [0.1, 0.15) is 40.0 Å². The van der Waals surface area contributed by atoms with Crippen LogP contribution in [0.3, 0.4) is 0 Å². The average molecular weight is 588 g/mol. The molecule has 34 heavy (non-hydrogen) atoms. The molecule has 1 saturated carbocycles. The predicted octanol–water partition coefficient (Wildman–Crippen LogP) is 6.14. The van der Waals surface area contributed by atoms with Gasteiger partial charge in [-0.15, -0.1) is 0 Å². The molecule has 1 aliphatic rings. The van der Waals surface area contributed by atoms with Crippen molar-refractivity contribution in [3.8, 4) is 0 Å². The lowest BCUT2D eigenvalue weighted by Gasteiger charge is -2.46. The molecule has 2 N–H and O–H groups in total. The van der Waals surface area contributed by atoms with E-state index in [9.17, 15) is 16.8 Å². The molecule has 6 nitrogen and oxygen atoms in total. The van der Waals surface area contributed by atoms with E-state index < -0.39 is 31.5 Å². The van der Waals surface area contributed by atoms with Crippen molar-refractivity contribution in [3.63, 3.8) is 0 Å². The topological polar surface area (TPSA) is 92.3 Å². The summed E-state index contributed by atoms with van der Waals surface area (Å²) in [5.74, 6) is 0. The average Bonchev–Trinajstić information content (AvgIpc) is 2.68. The van der Waals surface area contributed by atoms with Crippen LogP contribution in [-0.2, 0) is 20.0 Å². The van der Waals surface area contributed by atoms with Gasteiger partial charge < -0.3 is 0 Å². The predicted molar refractivity (Wildman–Crippen MR) is 138 cm³/mol. The molecule has 2 aromatic rings. The van der Waals surface area contributed by atoms with Gasteiger partial charge in [-0.3, -0.25) is 0 Å². The van der Waals surface area contributed by atoms with Crippen LogP contribution in [0.25, 0.3) is 0 Å². The van der Waals surface area contributed by atoms with Crippen molar-refractivity contribution in [2.75, 3.05) is 6.54 Å². The summed E-state index contributed by atoms with van der Waals surface area (Å²) < 4.78 is 57.4. The van der Waals surface area contributed by atoms with Crippen LogP contribution in [-0.4, -0.2) is 29.4 Å². The van der Waals surface area contributed by atoms with Crippen LogP contribution in [0.2, 0.25) is 20.1 Å². The lowest BCUT2D eigenvalue weighted by Crippen LogP contribution is -2.50. The zero-order valence-electron chi connectivity index (χ0n) is 18.8. The first-order valence-corrected chi connectivity index (χ1v) is 14.9. The summed E-state index contributed by atoms with van der Waals surface area (Å²) in [5.41, 5.74) is -0.789. The fourth-order valence-corrected chi connectivity index (χ4v) is 8.81. The van der Waals surface area contributed by atoms with Crippen LogP contribution in [0.15, 0.2) is 46.2 Å². The molecule has 12 heteroatoms. The molecule has 0 saturated heterocycles. The van der Waals surface area contributed by atoms with E-state index in [0.717, 1.165) is 0 Å². The number of halogens is 4. The van der Waals surface area contributed by atoms with Gasteiger partial charge in [0.25, 0.3) is 0 Å². The van der Waals surface area contributed by atoms with Gasteiger partial charge in [-0.25, -0.2) is 26.3 Å². The number of nitrogens with one attached hydrogen (secondary N) is 2. The second kappa shape index (κ2) is 10.1. The molecular weight excluding hydrogens is 562 g/mol. The molecule has 2 aromatic carbocycles. The Labute approximate surface area is 221 Å². The van der Waals surface area contributed by atoms with Gasteiger partial charge in [-0.05, 0) is 66.5 Å². The van der Waals surface area contributed by atoms with Gasteiger partial charge in [0, 0.05) is 22.6 Å². The van der Waals surface area contributed by atoms with Gasteiger partial charge in [-0.2, -0.15) is 0 Å². The van der Waals surface area contributed by atoms with Crippen LogP contribution in [0, 0.1) is 10.8 Å². The monoisotopic (exact) mass is 586 g/mol. The van der Waals surface area contributed by atoms with E-state index in [4.69, 9.17) is 46.4 Å². The highest BCUT2D eigenvalue weighted by Crippen LogP contribution is 2.46. The molecule has 0 aliphatic heterocycles. The summed E-state index contributed by atoms with van der Waals surface area (Å²) in [6.45, 7) is 6.09. The van der Waals surface area contributed by atoms with Gasteiger partial charge in [0.2, 0.25) is 20.0 Å². The summed E-state index contributed by atoms with van der Waals surface area (Å²) in [6.07, 6.45) is 1.68. The standard InChI is InChI=1S/C22H26Cl4N2O4S2/c1-21(2)10-16(28-34(31,32)20-9-15(24)5-7-18(20)26)11-22(3,12-21)13-27-33(29,30)19-8-14(23)4-6-17(19)25/h4-9,16,27-28H,10-13H2,1-3H3/t16-,22+/m1/s1. The highest BCUT2D eigenvalue weighted by molar-refractivity contribution is 7.90. The van der Waals surface area contributed by atoms with Crippen molar-refractivity contribution < 1.29 is 16.8 Å². The summed E-state index contributed by atoms with van der Waals surface area (Å²) in [5, 5.41) is 0.646. The number of sulfonamides is 2. The molecule has 0 heterocycles. The Morgan fingerprint density at radius 2 is 1.32 bits per heavy atom.